The Morgan fingerprint density at radius 3 is 2.04 bits per heavy atom. The number of hydrogen-bond acceptors (Lipinski definition) is 7. The molecule has 0 radical (unpaired) electrons. The van der Waals surface area contributed by atoms with E-state index in [0.717, 1.165) is 19.3 Å². The first-order valence-electron chi connectivity index (χ1n) is 16.8. The zero-order chi connectivity index (χ0) is 36.0. The van der Waals surface area contributed by atoms with Crippen LogP contribution in [0.2, 0.25) is 0 Å². The first kappa shape index (κ1) is 37.3. The van der Waals surface area contributed by atoms with Crippen molar-refractivity contribution in [3.05, 3.63) is 30.3 Å². The summed E-state index contributed by atoms with van der Waals surface area (Å²) in [5, 5.41) is 8.39. The molecule has 6 atom stereocenters. The summed E-state index contributed by atoms with van der Waals surface area (Å²) >= 11 is 0. The minimum absolute atomic E-state index is 0.0389. The highest BCUT2D eigenvalue weighted by Gasteiger charge is 2.70. The number of carbonyl (C=O) groups excluding carboxylic acids is 5. The van der Waals surface area contributed by atoms with Crippen LogP contribution < -0.4 is 21.7 Å². The fourth-order valence-electron chi connectivity index (χ4n) is 7.13. The monoisotopic (exact) mass is 687 g/mol. The standard InChI is InChI=1S/C35H53N5O7S/c1-33(2,3)24(19-48(46,47)21-15-10-9-11-16-21)38-32(45)39-28(34(4,5)6)31(44)40-18-22-25(35(22,7)8)26(40)30(43)37-23(27(41)29(36)42)17-20-13-12-14-20/h9-11,15-16,20,22-26,28H,12-14,17-19H2,1-8H3,(H2,36,42)(H,37,43)(H2,38,39,45)/t22?,23?,24-,25+,26+,28-/m1/s1. The molecule has 1 aliphatic heterocycles. The van der Waals surface area contributed by atoms with Gasteiger partial charge in [-0.1, -0.05) is 92.9 Å². The van der Waals surface area contributed by atoms with Crippen LogP contribution in [0, 0.1) is 34.0 Å². The summed E-state index contributed by atoms with van der Waals surface area (Å²) in [6.45, 7) is 15.2. The molecule has 3 fully saturated rings. The second-order valence-electron chi connectivity index (χ2n) is 16.6. The van der Waals surface area contributed by atoms with Gasteiger partial charge in [0.15, 0.2) is 9.84 Å². The number of urea groups is 1. The van der Waals surface area contributed by atoms with Crippen molar-refractivity contribution in [1.29, 1.82) is 0 Å². The lowest BCUT2D eigenvalue weighted by atomic mass is 9.80. The second kappa shape index (κ2) is 13.4. The molecule has 1 aromatic rings. The third-order valence-electron chi connectivity index (χ3n) is 10.7. The van der Waals surface area contributed by atoms with E-state index in [0.29, 0.717) is 13.0 Å². The molecule has 1 heterocycles. The van der Waals surface area contributed by atoms with Crippen LogP contribution in [0.5, 0.6) is 0 Å². The Morgan fingerprint density at radius 2 is 1.54 bits per heavy atom. The number of carbonyl (C=O) groups is 5. The number of benzene rings is 1. The zero-order valence-corrected chi connectivity index (χ0v) is 30.3. The van der Waals surface area contributed by atoms with E-state index in [1.54, 1.807) is 39.0 Å². The number of likely N-dealkylation sites (tertiary alicyclic amines) is 1. The number of hydrogen-bond donors (Lipinski definition) is 4. The molecule has 12 nitrogen and oxygen atoms in total. The van der Waals surface area contributed by atoms with Gasteiger partial charge < -0.3 is 26.6 Å². The molecule has 0 bridgehead atoms. The van der Waals surface area contributed by atoms with E-state index < -0.39 is 74.4 Å². The predicted molar refractivity (Wildman–Crippen MR) is 181 cm³/mol. The van der Waals surface area contributed by atoms with Crippen molar-refractivity contribution in [2.24, 2.45) is 39.7 Å². The molecule has 1 saturated heterocycles. The Labute approximate surface area is 284 Å². The molecule has 0 aromatic heterocycles. The highest BCUT2D eigenvalue weighted by Crippen LogP contribution is 2.65. The third-order valence-corrected chi connectivity index (χ3v) is 12.4. The Hall–Kier alpha value is -3.48. The lowest BCUT2D eigenvalue weighted by molar-refractivity contribution is -0.145. The number of nitrogens with two attached hydrogens (primary N) is 1. The summed E-state index contributed by atoms with van der Waals surface area (Å²) in [5.41, 5.74) is 3.67. The molecular weight excluding hydrogens is 634 g/mol. The summed E-state index contributed by atoms with van der Waals surface area (Å²) in [5.74, 6) is -3.21. The number of rotatable bonds is 12. The molecule has 4 rings (SSSR count). The molecule has 2 aliphatic carbocycles. The summed E-state index contributed by atoms with van der Waals surface area (Å²) in [7, 11) is -3.75. The number of piperidine rings is 1. The van der Waals surface area contributed by atoms with Crippen LogP contribution in [0.15, 0.2) is 35.2 Å². The Bertz CT molecular complexity index is 1530. The molecule has 2 saturated carbocycles. The summed E-state index contributed by atoms with van der Waals surface area (Å²) in [6, 6.07) is 3.48. The maximum atomic E-state index is 14.3. The van der Waals surface area contributed by atoms with Crippen LogP contribution in [0.3, 0.4) is 0 Å². The van der Waals surface area contributed by atoms with Crippen molar-refractivity contribution in [3.63, 3.8) is 0 Å². The summed E-state index contributed by atoms with van der Waals surface area (Å²) in [4.78, 5) is 68.1. The van der Waals surface area contributed by atoms with Crippen molar-refractivity contribution >= 4 is 39.4 Å². The molecule has 5 amide bonds. The van der Waals surface area contributed by atoms with Crippen molar-refractivity contribution in [2.45, 2.75) is 110 Å². The van der Waals surface area contributed by atoms with E-state index in [4.69, 9.17) is 5.73 Å². The van der Waals surface area contributed by atoms with E-state index in [9.17, 15) is 32.4 Å². The van der Waals surface area contributed by atoms with Gasteiger partial charge in [0, 0.05) is 12.6 Å². The molecule has 0 spiro atoms. The molecule has 3 aliphatic rings. The van der Waals surface area contributed by atoms with Gasteiger partial charge in [-0.25, -0.2) is 13.2 Å². The van der Waals surface area contributed by atoms with E-state index in [1.165, 1.54) is 17.0 Å². The van der Waals surface area contributed by atoms with Gasteiger partial charge in [-0.05, 0) is 52.6 Å². The predicted octanol–water partition coefficient (Wildman–Crippen LogP) is 2.80. The van der Waals surface area contributed by atoms with Gasteiger partial charge in [0.1, 0.15) is 12.1 Å². The van der Waals surface area contributed by atoms with Gasteiger partial charge >= 0.3 is 6.03 Å². The first-order valence-corrected chi connectivity index (χ1v) is 18.5. The van der Waals surface area contributed by atoms with E-state index in [2.05, 4.69) is 16.0 Å². The molecule has 1 aromatic carbocycles. The number of Topliss-reactive ketones (excluding diaryl/α,β-unsaturated/α-hetero) is 1. The molecule has 13 heteroatoms. The van der Waals surface area contributed by atoms with Gasteiger partial charge in [-0.2, -0.15) is 0 Å². The van der Waals surface area contributed by atoms with Crippen LogP contribution in [0.1, 0.15) is 81.1 Å². The average molecular weight is 688 g/mol. The van der Waals surface area contributed by atoms with E-state index >= 15 is 0 Å². The Balaban J connectivity index is 1.54. The molecule has 5 N–H and O–H groups in total. The lowest BCUT2D eigenvalue weighted by Crippen LogP contribution is -2.62. The number of primary amides is 1. The van der Waals surface area contributed by atoms with Gasteiger partial charge in [0.05, 0.1) is 16.7 Å². The van der Waals surface area contributed by atoms with E-state index in [1.807, 2.05) is 34.6 Å². The van der Waals surface area contributed by atoms with Crippen molar-refractivity contribution in [2.75, 3.05) is 12.3 Å². The smallest absolute Gasteiger partial charge is 0.315 e. The van der Waals surface area contributed by atoms with Crippen LogP contribution in [-0.4, -0.2) is 79.3 Å². The average Bonchev–Trinajstić information content (AvgIpc) is 3.26. The lowest BCUT2D eigenvalue weighted by Gasteiger charge is -2.39. The largest absolute Gasteiger partial charge is 0.363 e. The van der Waals surface area contributed by atoms with Crippen molar-refractivity contribution < 1.29 is 32.4 Å². The van der Waals surface area contributed by atoms with Gasteiger partial charge in [-0.15, -0.1) is 0 Å². The molecule has 48 heavy (non-hydrogen) atoms. The highest BCUT2D eigenvalue weighted by molar-refractivity contribution is 7.91. The molecule has 266 valence electrons. The Morgan fingerprint density at radius 1 is 0.938 bits per heavy atom. The molecular formula is C35H53N5O7S. The van der Waals surface area contributed by atoms with Gasteiger partial charge in [-0.3, -0.25) is 19.2 Å². The number of amides is 5. The van der Waals surface area contributed by atoms with Gasteiger partial charge in [0.2, 0.25) is 17.6 Å². The summed E-state index contributed by atoms with van der Waals surface area (Å²) < 4.78 is 26.5. The van der Waals surface area contributed by atoms with Crippen LogP contribution in [-0.2, 0) is 29.0 Å². The number of fused-ring (bicyclic) bond motifs is 1. The summed E-state index contributed by atoms with van der Waals surface area (Å²) in [6.07, 6.45) is 3.14. The van der Waals surface area contributed by atoms with E-state index in [-0.39, 0.29) is 33.8 Å². The van der Waals surface area contributed by atoms with Crippen LogP contribution in [0.25, 0.3) is 0 Å². The fourth-order valence-corrected chi connectivity index (χ4v) is 8.92. The maximum absolute atomic E-state index is 14.3. The maximum Gasteiger partial charge on any atom is 0.315 e. The minimum atomic E-state index is -3.75. The van der Waals surface area contributed by atoms with Gasteiger partial charge in [0.25, 0.3) is 5.91 Å². The van der Waals surface area contributed by atoms with Crippen LogP contribution >= 0.6 is 0 Å². The molecule has 2 unspecified atom stereocenters. The minimum Gasteiger partial charge on any atom is -0.363 e. The SMILES string of the molecule is CC(C)(C)[C@H](NC(=O)N[C@H](CS(=O)(=O)c1ccccc1)C(C)(C)C)C(=O)N1CC2[C@@H]([C@H]1C(=O)NC(CC1CCC1)C(=O)C(N)=O)C2(C)C. The topological polar surface area (TPSA) is 185 Å². The number of nitrogens with one attached hydrogen (secondary N) is 3. The number of sulfone groups is 1. The third kappa shape index (κ3) is 8.03. The number of nitrogens with zero attached hydrogens (tertiary/aromatic N) is 1. The normalized spacial score (nSPS) is 23.9. The Kier molecular flexibility index (Phi) is 10.5. The fraction of sp³-hybridized carbons (Fsp3) is 0.686. The van der Waals surface area contributed by atoms with Crippen molar-refractivity contribution in [1.82, 2.24) is 20.9 Å². The van der Waals surface area contributed by atoms with Crippen molar-refractivity contribution in [3.8, 4) is 0 Å². The zero-order valence-electron chi connectivity index (χ0n) is 29.5. The quantitative estimate of drug-likeness (QED) is 0.244. The van der Waals surface area contributed by atoms with Crippen LogP contribution in [0.4, 0.5) is 4.79 Å². The number of ketones is 1. The highest BCUT2D eigenvalue weighted by atomic mass is 32.2. The first-order chi connectivity index (χ1) is 22.1. The second-order valence-corrected chi connectivity index (χ2v) is 18.7.